The summed E-state index contributed by atoms with van der Waals surface area (Å²) in [6.45, 7) is 4.54. The number of piperidine rings is 1. The molecule has 1 N–H and O–H groups in total. The number of carbonyl (C=O) groups excluding carboxylic acids is 1. The summed E-state index contributed by atoms with van der Waals surface area (Å²) in [4.78, 5) is 19.0. The van der Waals surface area contributed by atoms with Crippen molar-refractivity contribution in [3.05, 3.63) is 16.1 Å². The Balaban J connectivity index is 1.62. The molecule has 1 aromatic heterocycles. The van der Waals surface area contributed by atoms with Crippen molar-refractivity contribution in [2.75, 3.05) is 26.3 Å². The fourth-order valence-corrected chi connectivity index (χ4v) is 4.15. The van der Waals surface area contributed by atoms with Gasteiger partial charge in [-0.05, 0) is 37.5 Å². The quantitative estimate of drug-likeness (QED) is 0.925. The van der Waals surface area contributed by atoms with Gasteiger partial charge in [-0.2, -0.15) is 0 Å². The number of aromatic nitrogens is 1. The smallest absolute Gasteiger partial charge is 0.273 e. The van der Waals surface area contributed by atoms with E-state index in [0.29, 0.717) is 18.8 Å². The molecule has 0 radical (unpaired) electrons. The molecule has 0 saturated carbocycles. The Morgan fingerprint density at radius 2 is 2.32 bits per heavy atom. The molecule has 3 rings (SSSR count). The Morgan fingerprint density at radius 3 is 2.91 bits per heavy atom. The summed E-state index contributed by atoms with van der Waals surface area (Å²) in [5.41, 5.74) is 0.547. The molecule has 2 aliphatic heterocycles. The zero-order chi connectivity index (χ0) is 15.6. The number of carbonyl (C=O) groups is 1. The molecule has 0 aromatic carbocycles. The second kappa shape index (κ2) is 6.64. The van der Waals surface area contributed by atoms with Crippen LogP contribution in [0.3, 0.4) is 0 Å². The minimum Gasteiger partial charge on any atom is -0.396 e. The normalized spacial score (nSPS) is 24.6. The van der Waals surface area contributed by atoms with E-state index in [1.165, 1.54) is 11.3 Å². The highest BCUT2D eigenvalue weighted by atomic mass is 32.1. The van der Waals surface area contributed by atoms with Gasteiger partial charge in [0, 0.05) is 31.7 Å². The van der Waals surface area contributed by atoms with Crippen molar-refractivity contribution in [3.8, 4) is 0 Å². The summed E-state index contributed by atoms with van der Waals surface area (Å²) in [6.07, 6.45) is 4.85. The fraction of sp³-hybridized carbons (Fsp3) is 0.750. The number of aliphatic hydroxyl groups is 1. The number of rotatable bonds is 4. The summed E-state index contributed by atoms with van der Waals surface area (Å²) >= 11 is 1.52. The van der Waals surface area contributed by atoms with E-state index in [0.717, 1.165) is 43.7 Å². The molecule has 22 heavy (non-hydrogen) atoms. The van der Waals surface area contributed by atoms with Crippen LogP contribution < -0.4 is 0 Å². The summed E-state index contributed by atoms with van der Waals surface area (Å²) in [5, 5.41) is 12.4. The topological polar surface area (TPSA) is 62.7 Å². The highest BCUT2D eigenvalue weighted by Gasteiger charge is 2.34. The summed E-state index contributed by atoms with van der Waals surface area (Å²) in [7, 11) is 0. The molecule has 2 fully saturated rings. The van der Waals surface area contributed by atoms with Crippen LogP contribution in [0.5, 0.6) is 0 Å². The third-order valence-corrected chi connectivity index (χ3v) is 6.08. The van der Waals surface area contributed by atoms with Gasteiger partial charge in [0.2, 0.25) is 0 Å². The number of nitrogens with zero attached hydrogens (tertiary/aromatic N) is 2. The zero-order valence-corrected chi connectivity index (χ0v) is 13.9. The first-order chi connectivity index (χ1) is 10.7. The van der Waals surface area contributed by atoms with Gasteiger partial charge in [-0.3, -0.25) is 4.79 Å². The van der Waals surface area contributed by atoms with Crippen LogP contribution in [0.25, 0.3) is 0 Å². The predicted molar refractivity (Wildman–Crippen MR) is 85.0 cm³/mol. The largest absolute Gasteiger partial charge is 0.396 e. The molecular formula is C16H24N2O3S. The van der Waals surface area contributed by atoms with E-state index in [2.05, 4.69) is 11.9 Å². The monoisotopic (exact) mass is 324 g/mol. The van der Waals surface area contributed by atoms with Gasteiger partial charge in [0.15, 0.2) is 0 Å². The van der Waals surface area contributed by atoms with Crippen molar-refractivity contribution in [3.63, 3.8) is 0 Å². The van der Waals surface area contributed by atoms with Crippen LogP contribution in [-0.2, 0) is 4.74 Å². The third kappa shape index (κ3) is 3.05. The maximum absolute atomic E-state index is 12.6. The number of aliphatic hydroxyl groups excluding tert-OH is 1. The van der Waals surface area contributed by atoms with Crippen molar-refractivity contribution < 1.29 is 14.6 Å². The van der Waals surface area contributed by atoms with Crippen LogP contribution in [0.15, 0.2) is 5.38 Å². The molecule has 5 nitrogen and oxygen atoms in total. The van der Waals surface area contributed by atoms with Crippen LogP contribution in [-0.4, -0.2) is 47.2 Å². The van der Waals surface area contributed by atoms with E-state index < -0.39 is 0 Å². The Morgan fingerprint density at radius 1 is 1.55 bits per heavy atom. The van der Waals surface area contributed by atoms with Gasteiger partial charge in [-0.25, -0.2) is 4.98 Å². The molecule has 1 unspecified atom stereocenters. The van der Waals surface area contributed by atoms with Crippen LogP contribution in [0, 0.1) is 5.41 Å². The Labute approximate surface area is 135 Å². The van der Waals surface area contributed by atoms with Crippen molar-refractivity contribution in [2.45, 2.75) is 45.1 Å². The maximum atomic E-state index is 12.6. The molecule has 1 atom stereocenters. The standard InChI is InChI=1S/C16H24N2O3S/c1-2-16(11-19)5-7-18(8-6-16)15(20)12-10-22-14(17-12)13-4-3-9-21-13/h10,13,19H,2-9,11H2,1H3. The lowest BCUT2D eigenvalue weighted by molar-refractivity contribution is 0.0334. The minimum atomic E-state index is 0.00169. The number of amides is 1. The first-order valence-electron chi connectivity index (χ1n) is 8.14. The lowest BCUT2D eigenvalue weighted by atomic mass is 9.77. The van der Waals surface area contributed by atoms with Gasteiger partial charge in [0.1, 0.15) is 16.8 Å². The first-order valence-corrected chi connectivity index (χ1v) is 9.02. The lowest BCUT2D eigenvalue weighted by Crippen LogP contribution is -2.44. The molecule has 1 amide bonds. The summed E-state index contributed by atoms with van der Waals surface area (Å²) in [6, 6.07) is 0. The predicted octanol–water partition coefficient (Wildman–Crippen LogP) is 2.62. The van der Waals surface area contributed by atoms with Crippen LogP contribution in [0.4, 0.5) is 0 Å². The van der Waals surface area contributed by atoms with Gasteiger partial charge in [-0.15, -0.1) is 11.3 Å². The zero-order valence-electron chi connectivity index (χ0n) is 13.1. The van der Waals surface area contributed by atoms with E-state index in [9.17, 15) is 9.90 Å². The van der Waals surface area contributed by atoms with Crippen LogP contribution >= 0.6 is 11.3 Å². The van der Waals surface area contributed by atoms with E-state index in [1.807, 2.05) is 10.3 Å². The van der Waals surface area contributed by atoms with Gasteiger partial charge in [0.05, 0.1) is 0 Å². The highest BCUT2D eigenvalue weighted by Crippen LogP contribution is 2.35. The van der Waals surface area contributed by atoms with Gasteiger partial charge in [0.25, 0.3) is 5.91 Å². The molecule has 0 bridgehead atoms. The Hall–Kier alpha value is -0.980. The summed E-state index contributed by atoms with van der Waals surface area (Å²) in [5.74, 6) is 0.0168. The lowest BCUT2D eigenvalue weighted by Gasteiger charge is -2.40. The molecular weight excluding hydrogens is 300 g/mol. The maximum Gasteiger partial charge on any atom is 0.273 e. The van der Waals surface area contributed by atoms with E-state index in [4.69, 9.17) is 4.74 Å². The molecule has 122 valence electrons. The van der Waals surface area contributed by atoms with Crippen molar-refractivity contribution in [2.24, 2.45) is 5.41 Å². The van der Waals surface area contributed by atoms with E-state index in [1.54, 1.807) is 0 Å². The average molecular weight is 324 g/mol. The number of thiazole rings is 1. The van der Waals surface area contributed by atoms with Gasteiger partial charge in [-0.1, -0.05) is 6.92 Å². The fourth-order valence-electron chi connectivity index (χ4n) is 3.28. The number of hydrogen-bond acceptors (Lipinski definition) is 5. The molecule has 2 aliphatic rings. The van der Waals surface area contributed by atoms with Gasteiger partial charge >= 0.3 is 0 Å². The number of hydrogen-bond donors (Lipinski definition) is 1. The second-order valence-corrected chi connectivity index (χ2v) is 7.27. The van der Waals surface area contributed by atoms with Crippen molar-refractivity contribution in [1.29, 1.82) is 0 Å². The molecule has 0 spiro atoms. The van der Waals surface area contributed by atoms with Gasteiger partial charge < -0.3 is 14.7 Å². The Bertz CT molecular complexity index is 511. The molecule has 6 heteroatoms. The van der Waals surface area contributed by atoms with E-state index >= 15 is 0 Å². The van der Waals surface area contributed by atoms with Crippen molar-refractivity contribution in [1.82, 2.24) is 9.88 Å². The SMILES string of the molecule is CCC1(CO)CCN(C(=O)c2csc(C3CCCO3)n2)CC1. The summed E-state index contributed by atoms with van der Waals surface area (Å²) < 4.78 is 5.63. The molecule has 1 aromatic rings. The first kappa shape index (κ1) is 15.9. The number of ether oxygens (including phenoxy) is 1. The molecule has 2 saturated heterocycles. The van der Waals surface area contributed by atoms with Crippen LogP contribution in [0.1, 0.15) is 60.6 Å². The number of likely N-dealkylation sites (tertiary alicyclic amines) is 1. The third-order valence-electron chi connectivity index (χ3n) is 5.14. The molecule has 0 aliphatic carbocycles. The minimum absolute atomic E-state index is 0.00169. The van der Waals surface area contributed by atoms with Crippen molar-refractivity contribution >= 4 is 17.2 Å². The second-order valence-electron chi connectivity index (χ2n) is 6.38. The Kier molecular flexibility index (Phi) is 4.80. The van der Waals surface area contributed by atoms with Crippen LogP contribution in [0.2, 0.25) is 0 Å². The van der Waals surface area contributed by atoms with E-state index in [-0.39, 0.29) is 24.0 Å². The molecule has 3 heterocycles. The highest BCUT2D eigenvalue weighted by molar-refractivity contribution is 7.09. The average Bonchev–Trinajstić information content (AvgIpc) is 3.25.